The van der Waals surface area contributed by atoms with Crippen molar-refractivity contribution in [3.05, 3.63) is 0 Å². The molecule has 170 valence electrons. The molecule has 0 unspecified atom stereocenters. The number of hydrogen-bond acceptors (Lipinski definition) is 3. The molecule has 3 nitrogen and oxygen atoms in total. The van der Waals surface area contributed by atoms with Crippen molar-refractivity contribution in [2.24, 2.45) is 0 Å². The molecule has 0 rings (SSSR count). The molecule has 0 radical (unpaired) electrons. The van der Waals surface area contributed by atoms with E-state index in [9.17, 15) is 0 Å². The fourth-order valence-electron chi connectivity index (χ4n) is 3.74. The van der Waals surface area contributed by atoms with Crippen molar-refractivity contribution in [1.82, 2.24) is 0 Å². The van der Waals surface area contributed by atoms with Crippen LogP contribution in [0.2, 0.25) is 6.04 Å². The van der Waals surface area contributed by atoms with Crippen LogP contribution in [0.25, 0.3) is 0 Å². The Morgan fingerprint density at radius 2 is 0.750 bits per heavy atom. The van der Waals surface area contributed by atoms with E-state index in [1.165, 1.54) is 89.9 Å². The minimum Gasteiger partial charge on any atom is -0.374 e. The second kappa shape index (κ2) is 22.1. The second-order valence-corrected chi connectivity index (χ2v) is 10.8. The minimum atomic E-state index is -2.41. The van der Waals surface area contributed by atoms with Crippen LogP contribution >= 0.6 is 11.6 Å². The van der Waals surface area contributed by atoms with Crippen molar-refractivity contribution in [2.45, 2.75) is 123 Å². The molecule has 0 fully saturated rings. The van der Waals surface area contributed by atoms with E-state index >= 15 is 0 Å². The molecule has 0 saturated heterocycles. The van der Waals surface area contributed by atoms with E-state index < -0.39 is 8.80 Å². The lowest BCUT2D eigenvalue weighted by atomic mass is 10.0. The van der Waals surface area contributed by atoms with Gasteiger partial charge in [-0.15, -0.1) is 11.6 Å². The Labute approximate surface area is 182 Å². The molecule has 0 aromatic heterocycles. The van der Waals surface area contributed by atoms with Gasteiger partial charge < -0.3 is 13.3 Å². The van der Waals surface area contributed by atoms with Gasteiger partial charge in [0.05, 0.1) is 0 Å². The SMILES string of the molecule is CCO[Si](CCCCCCCCCCCCCCCCCCl)(OCC)OCC. The van der Waals surface area contributed by atoms with E-state index in [0.29, 0.717) is 19.8 Å². The van der Waals surface area contributed by atoms with E-state index in [0.717, 1.165) is 18.3 Å². The van der Waals surface area contributed by atoms with Gasteiger partial charge in [-0.1, -0.05) is 83.5 Å². The second-order valence-electron chi connectivity index (χ2n) is 7.72. The Bertz CT molecular complexity index is 289. The first-order valence-corrected chi connectivity index (χ1v) is 14.7. The third kappa shape index (κ3) is 17.3. The fraction of sp³-hybridized carbons (Fsp3) is 1.00. The summed E-state index contributed by atoms with van der Waals surface area (Å²) in [6, 6.07) is 0.967. The molecule has 0 atom stereocenters. The van der Waals surface area contributed by atoms with Gasteiger partial charge in [0, 0.05) is 31.7 Å². The number of hydrogen-bond donors (Lipinski definition) is 0. The Morgan fingerprint density at radius 3 is 1.04 bits per heavy atom. The molecule has 0 saturated carbocycles. The van der Waals surface area contributed by atoms with Gasteiger partial charge in [0.1, 0.15) is 0 Å². The molecule has 0 aromatic rings. The summed E-state index contributed by atoms with van der Waals surface area (Å²) in [7, 11) is -2.41. The maximum atomic E-state index is 5.92. The Balaban J connectivity index is 3.46. The molecule has 0 aliphatic carbocycles. The molecular formula is C23H49ClO3Si. The van der Waals surface area contributed by atoms with Gasteiger partial charge in [-0.05, 0) is 33.6 Å². The lowest BCUT2D eigenvalue weighted by Gasteiger charge is -2.28. The molecule has 0 amide bonds. The number of unbranched alkanes of at least 4 members (excludes halogenated alkanes) is 14. The summed E-state index contributed by atoms with van der Waals surface area (Å²) in [4.78, 5) is 0. The number of rotatable bonds is 23. The van der Waals surface area contributed by atoms with Crippen molar-refractivity contribution in [2.75, 3.05) is 25.7 Å². The molecule has 0 aliphatic heterocycles. The molecule has 0 aromatic carbocycles. The normalized spacial score (nSPS) is 12.0. The van der Waals surface area contributed by atoms with Crippen molar-refractivity contribution in [3.63, 3.8) is 0 Å². The van der Waals surface area contributed by atoms with E-state index in [4.69, 9.17) is 24.9 Å². The van der Waals surface area contributed by atoms with Crippen molar-refractivity contribution in [1.29, 1.82) is 0 Å². The fourth-order valence-corrected chi connectivity index (χ4v) is 6.61. The van der Waals surface area contributed by atoms with Crippen LogP contribution in [0, 0.1) is 0 Å². The van der Waals surface area contributed by atoms with Crippen LogP contribution in [0.1, 0.15) is 117 Å². The standard InChI is InChI=1S/C23H49ClO3Si/c1-4-25-28(26-5-2,27-6-3)23-21-19-17-15-13-11-9-7-8-10-12-14-16-18-20-22-24/h4-23H2,1-3H3. The highest BCUT2D eigenvalue weighted by atomic mass is 35.5. The molecule has 0 N–H and O–H groups in total. The minimum absolute atomic E-state index is 0.681. The van der Waals surface area contributed by atoms with E-state index in [1.807, 2.05) is 20.8 Å². The smallest absolute Gasteiger partial charge is 0.374 e. The molecule has 28 heavy (non-hydrogen) atoms. The average Bonchev–Trinajstić information content (AvgIpc) is 2.68. The molecule has 5 heteroatoms. The molecule has 0 bridgehead atoms. The summed E-state index contributed by atoms with van der Waals surface area (Å²) in [6.07, 6.45) is 20.3. The van der Waals surface area contributed by atoms with E-state index in [1.54, 1.807) is 0 Å². The van der Waals surface area contributed by atoms with Gasteiger partial charge in [-0.3, -0.25) is 0 Å². The third-order valence-corrected chi connectivity index (χ3v) is 8.63. The lowest BCUT2D eigenvalue weighted by Crippen LogP contribution is -2.45. The zero-order valence-corrected chi connectivity index (χ0v) is 21.0. The number of alkyl halides is 1. The Kier molecular flexibility index (Phi) is 22.4. The topological polar surface area (TPSA) is 27.7 Å². The summed E-state index contributed by atoms with van der Waals surface area (Å²) in [5, 5.41) is 0. The first kappa shape index (κ1) is 28.4. The first-order valence-electron chi connectivity index (χ1n) is 12.2. The van der Waals surface area contributed by atoms with Gasteiger partial charge in [-0.25, -0.2) is 0 Å². The Morgan fingerprint density at radius 1 is 0.464 bits per heavy atom. The largest absolute Gasteiger partial charge is 0.500 e. The van der Waals surface area contributed by atoms with Crippen LogP contribution in [-0.2, 0) is 13.3 Å². The highest BCUT2D eigenvalue weighted by Crippen LogP contribution is 2.21. The summed E-state index contributed by atoms with van der Waals surface area (Å²) in [6.45, 7) is 8.13. The molecule has 0 spiro atoms. The first-order chi connectivity index (χ1) is 13.7. The van der Waals surface area contributed by atoms with Crippen LogP contribution in [0.3, 0.4) is 0 Å². The van der Waals surface area contributed by atoms with Gasteiger partial charge in [0.25, 0.3) is 0 Å². The zero-order chi connectivity index (χ0) is 20.8. The maximum Gasteiger partial charge on any atom is 0.500 e. The summed E-state index contributed by atoms with van der Waals surface area (Å²) < 4.78 is 17.8. The quantitative estimate of drug-likeness (QED) is 0.0918. The zero-order valence-electron chi connectivity index (χ0n) is 19.2. The van der Waals surface area contributed by atoms with Crippen molar-refractivity contribution >= 4 is 20.4 Å². The molecule has 0 aliphatic rings. The van der Waals surface area contributed by atoms with Crippen LogP contribution in [-0.4, -0.2) is 34.5 Å². The van der Waals surface area contributed by atoms with Crippen molar-refractivity contribution < 1.29 is 13.3 Å². The highest BCUT2D eigenvalue weighted by molar-refractivity contribution is 6.60. The highest BCUT2D eigenvalue weighted by Gasteiger charge is 2.39. The van der Waals surface area contributed by atoms with E-state index in [2.05, 4.69) is 0 Å². The monoisotopic (exact) mass is 436 g/mol. The summed E-state index contributed by atoms with van der Waals surface area (Å²) >= 11 is 5.70. The van der Waals surface area contributed by atoms with Gasteiger partial charge >= 0.3 is 8.80 Å². The van der Waals surface area contributed by atoms with Crippen molar-refractivity contribution in [3.8, 4) is 0 Å². The third-order valence-electron chi connectivity index (χ3n) is 5.21. The molecule has 0 heterocycles. The van der Waals surface area contributed by atoms with Crippen LogP contribution < -0.4 is 0 Å². The van der Waals surface area contributed by atoms with Gasteiger partial charge in [0.15, 0.2) is 0 Å². The molecular weight excluding hydrogens is 388 g/mol. The van der Waals surface area contributed by atoms with E-state index in [-0.39, 0.29) is 0 Å². The maximum absolute atomic E-state index is 5.92. The lowest BCUT2D eigenvalue weighted by molar-refractivity contribution is 0.0706. The summed E-state index contributed by atoms with van der Waals surface area (Å²) in [5.74, 6) is 0.830. The van der Waals surface area contributed by atoms with Crippen LogP contribution in [0.4, 0.5) is 0 Å². The van der Waals surface area contributed by atoms with Crippen LogP contribution in [0.5, 0.6) is 0 Å². The van der Waals surface area contributed by atoms with Gasteiger partial charge in [0.2, 0.25) is 0 Å². The number of halogens is 1. The predicted molar refractivity (Wildman–Crippen MR) is 125 cm³/mol. The summed E-state index contributed by atoms with van der Waals surface area (Å²) in [5.41, 5.74) is 0. The Hall–Kier alpha value is 0.387. The predicted octanol–water partition coefficient (Wildman–Crippen LogP) is 8.13. The van der Waals surface area contributed by atoms with Gasteiger partial charge in [-0.2, -0.15) is 0 Å². The van der Waals surface area contributed by atoms with Crippen LogP contribution in [0.15, 0.2) is 0 Å². The average molecular weight is 437 g/mol.